The zero-order chi connectivity index (χ0) is 23.5. The number of carbonyl (C=O) groups excluding carboxylic acids is 1. The summed E-state index contributed by atoms with van der Waals surface area (Å²) in [6, 6.07) is 10.3. The van der Waals surface area contributed by atoms with Gasteiger partial charge in [-0.1, -0.05) is 24.3 Å². The molecular weight excluding hydrogens is 430 g/mol. The van der Waals surface area contributed by atoms with Crippen LogP contribution >= 0.6 is 0 Å². The van der Waals surface area contributed by atoms with Gasteiger partial charge in [0, 0.05) is 25.1 Å². The van der Waals surface area contributed by atoms with Crippen LogP contribution in [0.1, 0.15) is 54.5 Å². The smallest absolute Gasteiger partial charge is 0.271 e. The molecule has 1 N–H and O–H groups in total. The number of nitro groups is 1. The number of fused-ring (bicyclic) bond motifs is 1. The molecular formula is C23H29N3O5S. The van der Waals surface area contributed by atoms with Crippen molar-refractivity contribution >= 4 is 27.3 Å². The molecule has 0 saturated heterocycles. The number of hydrogen-bond acceptors (Lipinski definition) is 5. The van der Waals surface area contributed by atoms with Crippen LogP contribution in [0.4, 0.5) is 11.4 Å². The Balaban J connectivity index is 1.62. The van der Waals surface area contributed by atoms with E-state index in [1.807, 2.05) is 13.0 Å². The first kappa shape index (κ1) is 23.7. The van der Waals surface area contributed by atoms with Crippen molar-refractivity contribution < 1.29 is 18.1 Å². The zero-order valence-electron chi connectivity index (χ0n) is 18.6. The van der Waals surface area contributed by atoms with Gasteiger partial charge < -0.3 is 5.32 Å². The third-order valence-corrected chi connectivity index (χ3v) is 7.02. The molecule has 0 aromatic heterocycles. The van der Waals surface area contributed by atoms with Gasteiger partial charge in [-0.25, -0.2) is 8.42 Å². The minimum atomic E-state index is -3.67. The number of carbonyl (C=O) groups is 1. The van der Waals surface area contributed by atoms with E-state index in [1.54, 1.807) is 6.92 Å². The summed E-state index contributed by atoms with van der Waals surface area (Å²) in [7, 11) is -3.67. The fourth-order valence-corrected chi connectivity index (χ4v) is 5.10. The highest BCUT2D eigenvalue weighted by molar-refractivity contribution is 7.92. The number of sulfonamides is 1. The number of rotatable bonds is 9. The molecule has 32 heavy (non-hydrogen) atoms. The second-order valence-corrected chi connectivity index (χ2v) is 10.2. The lowest BCUT2D eigenvalue weighted by Gasteiger charge is -2.24. The number of nitrogens with zero attached hydrogens (tertiary/aromatic N) is 2. The molecule has 1 aliphatic carbocycles. The summed E-state index contributed by atoms with van der Waals surface area (Å²) in [6.45, 7) is 3.69. The molecule has 9 heteroatoms. The number of aryl methyl sites for hydroxylation is 3. The topological polar surface area (TPSA) is 110 Å². The van der Waals surface area contributed by atoms with Crippen LogP contribution in [0.5, 0.6) is 0 Å². The Morgan fingerprint density at radius 3 is 2.59 bits per heavy atom. The van der Waals surface area contributed by atoms with Gasteiger partial charge in [0.25, 0.3) is 5.69 Å². The molecule has 8 nitrogen and oxygen atoms in total. The van der Waals surface area contributed by atoms with Crippen LogP contribution in [0.2, 0.25) is 0 Å². The van der Waals surface area contributed by atoms with Crippen LogP contribution in [0.15, 0.2) is 36.4 Å². The maximum atomic E-state index is 12.5. The van der Waals surface area contributed by atoms with Crippen LogP contribution in [-0.2, 0) is 27.7 Å². The first-order valence-corrected chi connectivity index (χ1v) is 12.5. The normalized spacial score (nSPS) is 14.0. The van der Waals surface area contributed by atoms with Gasteiger partial charge in [-0.2, -0.15) is 0 Å². The van der Waals surface area contributed by atoms with Crippen molar-refractivity contribution in [2.75, 3.05) is 17.1 Å². The van der Waals surface area contributed by atoms with E-state index in [4.69, 9.17) is 0 Å². The van der Waals surface area contributed by atoms with Gasteiger partial charge >= 0.3 is 0 Å². The standard InChI is InChI=1S/C23H29N3O5S/c1-16-9-12-21(26(28)29)15-22(16)25(32(3,30)31)13-5-8-23(27)24-17(2)19-11-10-18-6-4-7-20(18)14-19/h9-12,14-15,17H,4-8,13H2,1-3H3,(H,24,27). The van der Waals surface area contributed by atoms with Gasteiger partial charge in [-0.15, -0.1) is 0 Å². The van der Waals surface area contributed by atoms with Crippen molar-refractivity contribution in [2.45, 2.75) is 52.0 Å². The number of nitro benzene ring substituents is 1. The summed E-state index contributed by atoms with van der Waals surface area (Å²) in [5, 5.41) is 14.1. The second-order valence-electron chi connectivity index (χ2n) is 8.34. The molecule has 2 aromatic rings. The Kier molecular flexibility index (Phi) is 7.18. The second kappa shape index (κ2) is 9.68. The molecule has 0 aliphatic heterocycles. The van der Waals surface area contributed by atoms with Gasteiger partial charge in [-0.05, 0) is 61.8 Å². The first-order chi connectivity index (χ1) is 15.1. The van der Waals surface area contributed by atoms with E-state index in [1.165, 1.54) is 35.7 Å². The number of amides is 1. The molecule has 2 aromatic carbocycles. The quantitative estimate of drug-likeness (QED) is 0.453. The lowest BCUT2D eigenvalue weighted by Crippen LogP contribution is -2.33. The molecule has 0 saturated carbocycles. The summed E-state index contributed by atoms with van der Waals surface area (Å²) in [4.78, 5) is 23.0. The number of nitrogens with one attached hydrogen (secondary N) is 1. The molecule has 0 fully saturated rings. The van der Waals surface area contributed by atoms with E-state index in [2.05, 4.69) is 17.4 Å². The highest BCUT2D eigenvalue weighted by atomic mass is 32.2. The number of anilines is 1. The SMILES string of the molecule is Cc1ccc([N+](=O)[O-])cc1N(CCCC(=O)NC(C)c1ccc2c(c1)CCC2)S(C)(=O)=O. The van der Waals surface area contributed by atoms with Crippen LogP contribution < -0.4 is 9.62 Å². The molecule has 0 spiro atoms. The molecule has 0 radical (unpaired) electrons. The largest absolute Gasteiger partial charge is 0.350 e. The van der Waals surface area contributed by atoms with Crippen LogP contribution in [0.3, 0.4) is 0 Å². The van der Waals surface area contributed by atoms with Crippen molar-refractivity contribution in [3.63, 3.8) is 0 Å². The average molecular weight is 460 g/mol. The van der Waals surface area contributed by atoms with Gasteiger partial charge in [0.15, 0.2) is 0 Å². The summed E-state index contributed by atoms with van der Waals surface area (Å²) in [6.07, 6.45) is 4.84. The third kappa shape index (κ3) is 5.64. The summed E-state index contributed by atoms with van der Waals surface area (Å²) in [5.41, 5.74) is 4.47. The van der Waals surface area contributed by atoms with Crippen molar-refractivity contribution in [2.24, 2.45) is 0 Å². The maximum Gasteiger partial charge on any atom is 0.271 e. The van der Waals surface area contributed by atoms with E-state index in [-0.39, 0.29) is 42.7 Å². The molecule has 1 aliphatic rings. The fraction of sp³-hybridized carbons (Fsp3) is 0.435. The predicted octanol–water partition coefficient (Wildman–Crippen LogP) is 3.82. The van der Waals surface area contributed by atoms with Crippen molar-refractivity contribution in [3.8, 4) is 0 Å². The zero-order valence-corrected chi connectivity index (χ0v) is 19.4. The molecule has 172 valence electrons. The molecule has 1 amide bonds. The Labute approximate surface area is 188 Å². The molecule has 1 unspecified atom stereocenters. The minimum absolute atomic E-state index is 0.0570. The fourth-order valence-electron chi connectivity index (χ4n) is 4.09. The Morgan fingerprint density at radius 2 is 1.91 bits per heavy atom. The molecule has 0 heterocycles. The van der Waals surface area contributed by atoms with E-state index >= 15 is 0 Å². The maximum absolute atomic E-state index is 12.5. The first-order valence-electron chi connectivity index (χ1n) is 10.7. The third-order valence-electron chi connectivity index (χ3n) is 5.84. The summed E-state index contributed by atoms with van der Waals surface area (Å²) < 4.78 is 25.8. The van der Waals surface area contributed by atoms with E-state index < -0.39 is 14.9 Å². The predicted molar refractivity (Wildman–Crippen MR) is 124 cm³/mol. The number of benzene rings is 2. The van der Waals surface area contributed by atoms with Gasteiger partial charge in [0.1, 0.15) is 0 Å². The van der Waals surface area contributed by atoms with Crippen molar-refractivity contribution in [1.29, 1.82) is 0 Å². The Hall–Kier alpha value is -2.94. The minimum Gasteiger partial charge on any atom is -0.350 e. The van der Waals surface area contributed by atoms with E-state index in [0.717, 1.165) is 29.0 Å². The molecule has 3 rings (SSSR count). The number of hydrogen-bond donors (Lipinski definition) is 1. The molecule has 1 atom stereocenters. The van der Waals surface area contributed by atoms with Crippen molar-refractivity contribution in [3.05, 3.63) is 68.8 Å². The highest BCUT2D eigenvalue weighted by Crippen LogP contribution is 2.28. The van der Waals surface area contributed by atoms with Crippen LogP contribution in [0, 0.1) is 17.0 Å². The Bertz CT molecular complexity index is 1130. The highest BCUT2D eigenvalue weighted by Gasteiger charge is 2.22. The van der Waals surface area contributed by atoms with Gasteiger partial charge in [-0.3, -0.25) is 19.2 Å². The summed E-state index contributed by atoms with van der Waals surface area (Å²) in [5.74, 6) is -0.165. The van der Waals surface area contributed by atoms with Crippen LogP contribution in [-0.4, -0.2) is 32.0 Å². The summed E-state index contributed by atoms with van der Waals surface area (Å²) >= 11 is 0. The van der Waals surface area contributed by atoms with Gasteiger partial charge in [0.05, 0.1) is 22.9 Å². The molecule has 0 bridgehead atoms. The van der Waals surface area contributed by atoms with E-state index in [0.29, 0.717) is 5.56 Å². The van der Waals surface area contributed by atoms with Gasteiger partial charge in [0.2, 0.25) is 15.9 Å². The van der Waals surface area contributed by atoms with Crippen LogP contribution in [0.25, 0.3) is 0 Å². The average Bonchev–Trinajstić information content (AvgIpc) is 3.18. The van der Waals surface area contributed by atoms with E-state index in [9.17, 15) is 23.3 Å². The monoisotopic (exact) mass is 459 g/mol. The lowest BCUT2D eigenvalue weighted by atomic mass is 10.0. The Morgan fingerprint density at radius 1 is 1.19 bits per heavy atom. The lowest BCUT2D eigenvalue weighted by molar-refractivity contribution is -0.384. The number of non-ortho nitro benzene ring substituents is 1. The van der Waals surface area contributed by atoms with Crippen molar-refractivity contribution in [1.82, 2.24) is 5.32 Å².